The minimum Gasteiger partial charge on any atom is -0.391 e. The lowest BCUT2D eigenvalue weighted by Gasteiger charge is -2.16. The summed E-state index contributed by atoms with van der Waals surface area (Å²) in [5.41, 5.74) is 0. The van der Waals surface area contributed by atoms with Gasteiger partial charge < -0.3 is 15.0 Å². The van der Waals surface area contributed by atoms with Crippen LogP contribution in [0.2, 0.25) is 0 Å². The number of carbonyl (C=O) groups is 1. The number of fused-ring (bicyclic) bond motifs is 1. The van der Waals surface area contributed by atoms with E-state index in [1.807, 2.05) is 29.0 Å². The summed E-state index contributed by atoms with van der Waals surface area (Å²) in [4.78, 5) is 17.5. The number of aromatic nitrogens is 2. The van der Waals surface area contributed by atoms with Gasteiger partial charge in [0.15, 0.2) is 0 Å². The van der Waals surface area contributed by atoms with Gasteiger partial charge in [0.2, 0.25) is 5.91 Å². The van der Waals surface area contributed by atoms with Gasteiger partial charge in [0.05, 0.1) is 24.2 Å². The van der Waals surface area contributed by atoms with Crippen LogP contribution in [0.15, 0.2) is 66.1 Å². The summed E-state index contributed by atoms with van der Waals surface area (Å²) in [6.45, 7) is 0.829. The van der Waals surface area contributed by atoms with Crippen LogP contribution in [0.4, 0.5) is 0 Å². The van der Waals surface area contributed by atoms with Crippen LogP contribution in [0.25, 0.3) is 10.8 Å². The molecule has 140 valence electrons. The minimum atomic E-state index is -0.479. The number of hydrogen-bond acceptors (Lipinski definition) is 4. The average molecular weight is 382 g/mol. The van der Waals surface area contributed by atoms with E-state index in [1.54, 1.807) is 12.5 Å². The van der Waals surface area contributed by atoms with Gasteiger partial charge in [0, 0.05) is 23.8 Å². The molecule has 27 heavy (non-hydrogen) atoms. The van der Waals surface area contributed by atoms with Crippen LogP contribution in [-0.4, -0.2) is 38.5 Å². The van der Waals surface area contributed by atoms with E-state index in [-0.39, 0.29) is 11.9 Å². The quantitative estimate of drug-likeness (QED) is 0.644. The molecule has 0 aliphatic heterocycles. The summed E-state index contributed by atoms with van der Waals surface area (Å²) in [6, 6.07) is 14.3. The molecule has 2 N–H and O–H groups in total. The molecule has 4 rings (SSSR count). The SMILES string of the molecule is O=C(CSc1ccc2ccccc2c1)N[C@@H]1CC(Cn2ccnc2)C[C@H]1O. The number of imidazole rings is 1. The summed E-state index contributed by atoms with van der Waals surface area (Å²) in [6.07, 6.45) is 6.51. The molecular formula is C21H23N3O2S. The Balaban J connectivity index is 1.28. The predicted molar refractivity (Wildman–Crippen MR) is 108 cm³/mol. The Morgan fingerprint density at radius 1 is 1.22 bits per heavy atom. The molecule has 2 aromatic carbocycles. The number of rotatable bonds is 6. The standard InChI is InChI=1S/C21H23N3O2S/c25-20-10-15(12-24-8-7-22-14-24)9-19(20)23-21(26)13-27-18-6-5-16-3-1-2-4-17(16)11-18/h1-8,11,14-15,19-20,25H,9-10,12-13H2,(H,23,26)/t15?,19-,20-/m1/s1. The molecule has 1 fully saturated rings. The first kappa shape index (κ1) is 18.1. The van der Waals surface area contributed by atoms with Gasteiger partial charge in [-0.3, -0.25) is 4.79 Å². The Bertz CT molecular complexity index is 913. The molecule has 1 unspecified atom stereocenters. The number of aliphatic hydroxyl groups excluding tert-OH is 1. The summed E-state index contributed by atoms with van der Waals surface area (Å²) < 4.78 is 2.02. The highest BCUT2D eigenvalue weighted by molar-refractivity contribution is 8.00. The number of benzene rings is 2. The first-order valence-corrected chi connectivity index (χ1v) is 10.2. The van der Waals surface area contributed by atoms with Crippen molar-refractivity contribution < 1.29 is 9.90 Å². The highest BCUT2D eigenvalue weighted by Gasteiger charge is 2.33. The third kappa shape index (κ3) is 4.51. The fourth-order valence-electron chi connectivity index (χ4n) is 3.77. The third-order valence-corrected chi connectivity index (χ3v) is 6.09. The van der Waals surface area contributed by atoms with Gasteiger partial charge in [0.25, 0.3) is 0 Å². The molecule has 1 amide bonds. The molecule has 1 aliphatic carbocycles. The molecule has 0 radical (unpaired) electrons. The zero-order valence-corrected chi connectivity index (χ0v) is 15.8. The van der Waals surface area contributed by atoms with E-state index in [0.717, 1.165) is 17.9 Å². The average Bonchev–Trinajstić information content (AvgIpc) is 3.30. The lowest BCUT2D eigenvalue weighted by Crippen LogP contribution is -2.40. The van der Waals surface area contributed by atoms with E-state index in [2.05, 4.69) is 34.6 Å². The molecular weight excluding hydrogens is 358 g/mol. The van der Waals surface area contributed by atoms with Crippen LogP contribution < -0.4 is 5.32 Å². The predicted octanol–water partition coefficient (Wildman–Crippen LogP) is 3.08. The number of hydrogen-bond donors (Lipinski definition) is 2. The molecule has 1 saturated carbocycles. The van der Waals surface area contributed by atoms with Gasteiger partial charge >= 0.3 is 0 Å². The second-order valence-corrected chi connectivity index (χ2v) is 8.18. The fourth-order valence-corrected chi connectivity index (χ4v) is 4.53. The van der Waals surface area contributed by atoms with Crippen LogP contribution >= 0.6 is 11.8 Å². The van der Waals surface area contributed by atoms with Gasteiger partial charge in [-0.15, -0.1) is 11.8 Å². The summed E-state index contributed by atoms with van der Waals surface area (Å²) in [5, 5.41) is 15.7. The van der Waals surface area contributed by atoms with E-state index >= 15 is 0 Å². The molecule has 0 spiro atoms. The van der Waals surface area contributed by atoms with E-state index in [9.17, 15) is 9.90 Å². The largest absolute Gasteiger partial charge is 0.391 e. The van der Waals surface area contributed by atoms with Crippen molar-refractivity contribution in [3.63, 3.8) is 0 Å². The molecule has 3 atom stereocenters. The van der Waals surface area contributed by atoms with Crippen molar-refractivity contribution in [2.75, 3.05) is 5.75 Å². The van der Waals surface area contributed by atoms with Crippen molar-refractivity contribution in [3.05, 3.63) is 61.2 Å². The third-order valence-electron chi connectivity index (χ3n) is 5.09. The summed E-state index contributed by atoms with van der Waals surface area (Å²) in [7, 11) is 0. The first-order valence-electron chi connectivity index (χ1n) is 9.22. The molecule has 0 bridgehead atoms. The number of thioether (sulfide) groups is 1. The number of nitrogens with one attached hydrogen (secondary N) is 1. The van der Waals surface area contributed by atoms with Crippen molar-refractivity contribution in [1.29, 1.82) is 0 Å². The lowest BCUT2D eigenvalue weighted by molar-refractivity contribution is -0.119. The van der Waals surface area contributed by atoms with Crippen LogP contribution in [-0.2, 0) is 11.3 Å². The Morgan fingerprint density at radius 3 is 2.89 bits per heavy atom. The molecule has 1 aliphatic rings. The van der Waals surface area contributed by atoms with E-state index in [4.69, 9.17) is 0 Å². The Morgan fingerprint density at radius 2 is 2.07 bits per heavy atom. The molecule has 5 nitrogen and oxygen atoms in total. The van der Waals surface area contributed by atoms with Crippen LogP contribution in [0.3, 0.4) is 0 Å². The smallest absolute Gasteiger partial charge is 0.230 e. The molecule has 1 aromatic heterocycles. The topological polar surface area (TPSA) is 67.2 Å². The summed E-state index contributed by atoms with van der Waals surface area (Å²) >= 11 is 1.53. The van der Waals surface area contributed by atoms with Crippen LogP contribution in [0.5, 0.6) is 0 Å². The maximum atomic E-state index is 12.3. The van der Waals surface area contributed by atoms with Gasteiger partial charge in [-0.25, -0.2) is 4.98 Å². The number of carbonyl (C=O) groups excluding carboxylic acids is 1. The number of nitrogens with zero attached hydrogens (tertiary/aromatic N) is 2. The second-order valence-electron chi connectivity index (χ2n) is 7.14. The van der Waals surface area contributed by atoms with Gasteiger partial charge in [-0.2, -0.15) is 0 Å². The first-order chi connectivity index (χ1) is 13.2. The van der Waals surface area contributed by atoms with Crippen molar-refractivity contribution in [2.24, 2.45) is 5.92 Å². The maximum Gasteiger partial charge on any atom is 0.230 e. The zero-order chi connectivity index (χ0) is 18.6. The maximum absolute atomic E-state index is 12.3. The Labute approximate surface area is 162 Å². The monoisotopic (exact) mass is 381 g/mol. The highest BCUT2D eigenvalue weighted by atomic mass is 32.2. The van der Waals surface area contributed by atoms with Crippen molar-refractivity contribution in [1.82, 2.24) is 14.9 Å². The number of aliphatic hydroxyl groups is 1. The summed E-state index contributed by atoms with van der Waals surface area (Å²) in [5.74, 6) is 0.682. The molecule has 1 heterocycles. The number of amides is 1. The van der Waals surface area contributed by atoms with Gasteiger partial charge in [0.1, 0.15) is 0 Å². The van der Waals surface area contributed by atoms with Gasteiger partial charge in [-0.1, -0.05) is 30.3 Å². The van der Waals surface area contributed by atoms with Crippen LogP contribution in [0, 0.1) is 5.92 Å². The highest BCUT2D eigenvalue weighted by Crippen LogP contribution is 2.28. The Hall–Kier alpha value is -2.31. The van der Waals surface area contributed by atoms with Crippen molar-refractivity contribution >= 4 is 28.4 Å². The molecule has 3 aromatic rings. The van der Waals surface area contributed by atoms with Crippen molar-refractivity contribution in [2.45, 2.75) is 36.4 Å². The van der Waals surface area contributed by atoms with Gasteiger partial charge in [-0.05, 0) is 41.7 Å². The van der Waals surface area contributed by atoms with E-state index in [1.165, 1.54) is 22.5 Å². The Kier molecular flexibility index (Phi) is 5.45. The van der Waals surface area contributed by atoms with Crippen molar-refractivity contribution in [3.8, 4) is 0 Å². The second kappa shape index (κ2) is 8.15. The zero-order valence-electron chi connectivity index (χ0n) is 15.0. The normalized spacial score (nSPS) is 22.2. The van der Waals surface area contributed by atoms with E-state index in [0.29, 0.717) is 18.1 Å². The molecule has 0 saturated heterocycles. The lowest BCUT2D eigenvalue weighted by atomic mass is 10.1. The fraction of sp³-hybridized carbons (Fsp3) is 0.333. The van der Waals surface area contributed by atoms with E-state index < -0.39 is 6.10 Å². The minimum absolute atomic E-state index is 0.0273. The molecule has 6 heteroatoms. The van der Waals surface area contributed by atoms with Crippen LogP contribution in [0.1, 0.15) is 12.8 Å².